The van der Waals surface area contributed by atoms with Crippen molar-refractivity contribution < 1.29 is 25.3 Å². The summed E-state index contributed by atoms with van der Waals surface area (Å²) >= 11 is 0. The Kier molecular flexibility index (Phi) is 19.6. The predicted molar refractivity (Wildman–Crippen MR) is 191 cm³/mol. The zero-order chi connectivity index (χ0) is 32.1. The molecule has 1 unspecified atom stereocenters. The summed E-state index contributed by atoms with van der Waals surface area (Å²) in [6.07, 6.45) is 1.07. The molecule has 1 atom stereocenters. The summed E-state index contributed by atoms with van der Waals surface area (Å²) in [5.41, 5.74) is 0. The highest BCUT2D eigenvalue weighted by atomic mass is 28.5. The molecule has 0 saturated carbocycles. The van der Waals surface area contributed by atoms with Crippen LogP contribution in [0.4, 0.5) is 0 Å². The zero-order valence-electron chi connectivity index (χ0n) is 29.8. The summed E-state index contributed by atoms with van der Waals surface area (Å²) in [7, 11) is -7.84. The van der Waals surface area contributed by atoms with Crippen LogP contribution in [0.2, 0.25) is 89.6 Å². The highest BCUT2D eigenvalue weighted by Crippen LogP contribution is 2.31. The Bertz CT molecular complexity index is 694. The van der Waals surface area contributed by atoms with E-state index < -0.39 is 51.6 Å². The third-order valence-corrected chi connectivity index (χ3v) is 29.6. The SMILES string of the molecule is CCN(CC)C([Si]CC[Si](C)(CCC[Si](OC)OC)O[Si](C)(C)O[Si](C)(C)O[Si](C)(C)O[Si](C)(C)C)N(CC)CC. The fourth-order valence-electron chi connectivity index (χ4n) is 5.79. The van der Waals surface area contributed by atoms with Crippen molar-refractivity contribution in [3.8, 4) is 0 Å². The maximum Gasteiger partial charge on any atom is 0.384 e. The number of nitrogens with zero attached hydrogens (tertiary/aromatic N) is 2. The summed E-state index contributed by atoms with van der Waals surface area (Å²) in [6, 6.07) is 4.42. The Balaban J connectivity index is 5.77. The van der Waals surface area contributed by atoms with Crippen LogP contribution < -0.4 is 0 Å². The van der Waals surface area contributed by atoms with Gasteiger partial charge in [0.05, 0.1) is 9.52 Å². The van der Waals surface area contributed by atoms with E-state index in [1.165, 1.54) is 6.04 Å². The van der Waals surface area contributed by atoms with Crippen molar-refractivity contribution in [3.05, 3.63) is 0 Å². The van der Waals surface area contributed by atoms with Crippen molar-refractivity contribution in [2.45, 2.75) is 130 Å². The molecule has 0 aliphatic carbocycles. The summed E-state index contributed by atoms with van der Waals surface area (Å²) in [5, 5.41) is 0. The van der Waals surface area contributed by atoms with E-state index in [1.807, 2.05) is 0 Å². The van der Waals surface area contributed by atoms with E-state index in [9.17, 15) is 0 Å². The van der Waals surface area contributed by atoms with Gasteiger partial charge in [0.1, 0.15) is 0 Å². The number of hydrogen-bond donors (Lipinski definition) is 0. The van der Waals surface area contributed by atoms with Crippen LogP contribution in [0.15, 0.2) is 0 Å². The largest absolute Gasteiger partial charge is 0.437 e. The highest BCUT2D eigenvalue weighted by Gasteiger charge is 2.46. The van der Waals surface area contributed by atoms with Crippen LogP contribution in [0.1, 0.15) is 34.1 Å². The number of rotatable bonds is 24. The fraction of sp³-hybridized carbons (Fsp3) is 1.00. The Hall–Kier alpha value is 1.20. The molecule has 0 rings (SSSR count). The van der Waals surface area contributed by atoms with E-state index in [0.29, 0.717) is 5.79 Å². The van der Waals surface area contributed by atoms with Crippen LogP contribution in [0.3, 0.4) is 0 Å². The molecule has 0 aliphatic heterocycles. The van der Waals surface area contributed by atoms with E-state index in [4.69, 9.17) is 25.3 Å². The van der Waals surface area contributed by atoms with E-state index in [0.717, 1.165) is 60.3 Å². The molecular weight excluding hydrogens is 633 g/mol. The Morgan fingerprint density at radius 2 is 1.02 bits per heavy atom. The van der Waals surface area contributed by atoms with Crippen LogP contribution in [0, 0.1) is 0 Å². The molecule has 0 aromatic heterocycles. The topological polar surface area (TPSA) is 61.9 Å². The van der Waals surface area contributed by atoms with Crippen LogP contribution in [0.5, 0.6) is 0 Å². The van der Waals surface area contributed by atoms with Gasteiger partial charge in [-0.1, -0.05) is 40.2 Å². The molecule has 0 fully saturated rings. The first-order chi connectivity index (χ1) is 18.7. The third-order valence-electron chi connectivity index (χ3n) is 6.87. The normalized spacial score (nSPS) is 15.5. The molecule has 0 aromatic rings. The van der Waals surface area contributed by atoms with Crippen LogP contribution in [-0.4, -0.2) is 117 Å². The van der Waals surface area contributed by atoms with Crippen LogP contribution in [-0.2, 0) is 25.3 Å². The first-order valence-corrected chi connectivity index (χ1v) is 33.2. The van der Waals surface area contributed by atoms with E-state index >= 15 is 0 Å². The van der Waals surface area contributed by atoms with E-state index in [1.54, 1.807) is 14.2 Å². The minimum Gasteiger partial charge on any atom is -0.437 e. The standard InChI is InChI=1S/C26H67N2O6Si7/c1-17-27(18-2)26(28(19-3)20-4)35-22-25-41(16,24-21-23-36(29-5)30-6)34-40(14,15)33-39(12,13)32-38(10,11)31-37(7,8)9/h26H,17-25H2,1-16H3. The van der Waals surface area contributed by atoms with Crippen molar-refractivity contribution in [1.82, 2.24) is 9.80 Å². The second-order valence-electron chi connectivity index (χ2n) is 13.3. The van der Waals surface area contributed by atoms with Gasteiger partial charge in [0, 0.05) is 20.0 Å². The molecule has 15 heteroatoms. The maximum atomic E-state index is 7.23. The molecular formula is C26H67N2O6Si7. The smallest absolute Gasteiger partial charge is 0.384 e. The average Bonchev–Trinajstić information content (AvgIpc) is 2.79. The quantitative estimate of drug-likeness (QED) is 0.0803. The molecule has 8 nitrogen and oxygen atoms in total. The molecule has 0 aromatic carbocycles. The molecule has 0 spiro atoms. The van der Waals surface area contributed by atoms with Gasteiger partial charge in [-0.15, -0.1) is 0 Å². The van der Waals surface area contributed by atoms with Gasteiger partial charge in [-0.05, 0) is 110 Å². The maximum absolute atomic E-state index is 7.23. The van der Waals surface area contributed by atoms with Gasteiger partial charge in [-0.2, -0.15) is 0 Å². The Labute approximate surface area is 265 Å². The van der Waals surface area contributed by atoms with E-state index in [-0.39, 0.29) is 0 Å². The first kappa shape index (κ1) is 42.2. The molecule has 0 aliphatic rings. The van der Waals surface area contributed by atoms with Gasteiger partial charge in [-0.3, -0.25) is 9.80 Å². The Morgan fingerprint density at radius 1 is 0.610 bits per heavy atom. The molecule has 41 heavy (non-hydrogen) atoms. The van der Waals surface area contributed by atoms with Gasteiger partial charge in [-0.25, -0.2) is 0 Å². The molecule has 3 radical (unpaired) electrons. The minimum atomic E-state index is -2.47. The van der Waals surface area contributed by atoms with Crippen molar-refractivity contribution in [1.29, 1.82) is 0 Å². The van der Waals surface area contributed by atoms with Crippen molar-refractivity contribution in [3.63, 3.8) is 0 Å². The molecule has 0 saturated heterocycles. The van der Waals surface area contributed by atoms with Gasteiger partial charge >= 0.3 is 35.0 Å². The second kappa shape index (κ2) is 19.0. The van der Waals surface area contributed by atoms with Crippen molar-refractivity contribution >= 4 is 61.1 Å². The summed E-state index contributed by atoms with van der Waals surface area (Å²) in [6.45, 7) is 35.7. The van der Waals surface area contributed by atoms with Crippen molar-refractivity contribution in [2.24, 2.45) is 0 Å². The lowest BCUT2D eigenvalue weighted by atomic mass is 10.5. The second-order valence-corrected chi connectivity index (χ2v) is 36.6. The van der Waals surface area contributed by atoms with Crippen LogP contribution >= 0.6 is 0 Å². The minimum absolute atomic E-state index is 0.509. The van der Waals surface area contributed by atoms with E-state index in [2.05, 4.69) is 103 Å². The first-order valence-electron chi connectivity index (χ1n) is 15.7. The Morgan fingerprint density at radius 3 is 1.41 bits per heavy atom. The molecule has 245 valence electrons. The van der Waals surface area contributed by atoms with Gasteiger partial charge in [0.25, 0.3) is 0 Å². The van der Waals surface area contributed by atoms with Crippen molar-refractivity contribution in [2.75, 3.05) is 40.4 Å². The lowest BCUT2D eigenvalue weighted by Gasteiger charge is -2.43. The van der Waals surface area contributed by atoms with Gasteiger partial charge in [0.2, 0.25) is 0 Å². The highest BCUT2D eigenvalue weighted by molar-refractivity contribution is 6.90. The summed E-state index contributed by atoms with van der Waals surface area (Å²) in [5.74, 6) is 0.509. The van der Waals surface area contributed by atoms with Gasteiger partial charge < -0.3 is 25.3 Å². The van der Waals surface area contributed by atoms with Crippen LogP contribution in [0.25, 0.3) is 0 Å². The summed E-state index contributed by atoms with van der Waals surface area (Å²) < 4.78 is 38.5. The molecule has 0 N–H and O–H groups in total. The summed E-state index contributed by atoms with van der Waals surface area (Å²) in [4.78, 5) is 5.25. The fourth-order valence-corrected chi connectivity index (χ4v) is 35.1. The zero-order valence-corrected chi connectivity index (χ0v) is 36.8. The molecule has 0 bridgehead atoms. The lowest BCUT2D eigenvalue weighted by molar-refractivity contribution is 0.115. The average molecular weight is 700 g/mol. The van der Waals surface area contributed by atoms with Gasteiger partial charge in [0.15, 0.2) is 16.6 Å². The number of hydrogen-bond acceptors (Lipinski definition) is 8. The molecule has 0 heterocycles. The predicted octanol–water partition coefficient (Wildman–Crippen LogP) is 6.83. The molecule has 0 amide bonds. The lowest BCUT2D eigenvalue weighted by Crippen LogP contribution is -2.58. The monoisotopic (exact) mass is 699 g/mol. The third kappa shape index (κ3) is 18.1.